The Hall–Kier alpha value is -1.66. The number of carbonyl (C=O) groups excluding carboxylic acids is 1. The van der Waals surface area contributed by atoms with E-state index < -0.39 is 15.9 Å². The molecular weight excluding hydrogens is 288 g/mol. The van der Waals surface area contributed by atoms with Crippen molar-refractivity contribution in [2.24, 2.45) is 11.7 Å². The third-order valence-corrected chi connectivity index (χ3v) is 5.19. The van der Waals surface area contributed by atoms with Crippen molar-refractivity contribution >= 4 is 22.0 Å². The monoisotopic (exact) mass is 308 g/mol. The number of sulfonamides is 1. The number of rotatable bonds is 4. The van der Waals surface area contributed by atoms with Gasteiger partial charge in [0.05, 0.1) is 5.92 Å². The highest BCUT2D eigenvalue weighted by Crippen LogP contribution is 2.20. The summed E-state index contributed by atoms with van der Waals surface area (Å²) in [4.78, 5) is 11.2. The van der Waals surface area contributed by atoms with Gasteiger partial charge >= 0.3 is 0 Å². The third-order valence-electron chi connectivity index (χ3n) is 3.66. The normalized spacial score (nSPS) is 20.7. The first-order valence-electron chi connectivity index (χ1n) is 6.93. The second-order valence-corrected chi connectivity index (χ2v) is 7.18. The summed E-state index contributed by atoms with van der Waals surface area (Å²) < 4.78 is 25.9. The van der Waals surface area contributed by atoms with Crippen LogP contribution in [0, 0.1) is 12.8 Å². The minimum Gasteiger partial charge on any atom is -0.369 e. The number of nitrogens with zero attached hydrogens (tertiary/aromatic N) is 1. The van der Waals surface area contributed by atoms with Crippen molar-refractivity contribution in [1.82, 2.24) is 4.31 Å². The number of carbonyl (C=O) groups is 1. The molecule has 1 fully saturated rings. The van der Waals surface area contributed by atoms with Gasteiger partial charge in [0, 0.05) is 18.5 Å². The highest BCUT2D eigenvalue weighted by atomic mass is 32.2. The molecule has 6 heteroatoms. The van der Waals surface area contributed by atoms with Gasteiger partial charge in [0.2, 0.25) is 15.9 Å². The average Bonchev–Trinajstić information content (AvgIpc) is 2.47. The van der Waals surface area contributed by atoms with Gasteiger partial charge in [-0.15, -0.1) is 0 Å². The number of aryl methyl sites for hydroxylation is 1. The van der Waals surface area contributed by atoms with Gasteiger partial charge in [0.1, 0.15) is 0 Å². The Morgan fingerprint density at radius 1 is 1.33 bits per heavy atom. The van der Waals surface area contributed by atoms with Crippen LogP contribution in [-0.4, -0.2) is 31.7 Å². The van der Waals surface area contributed by atoms with Gasteiger partial charge in [-0.2, -0.15) is 4.31 Å². The number of piperidine rings is 1. The molecule has 0 radical (unpaired) electrons. The highest BCUT2D eigenvalue weighted by Gasteiger charge is 2.29. The van der Waals surface area contributed by atoms with Crippen molar-refractivity contribution in [2.45, 2.75) is 19.8 Å². The Morgan fingerprint density at radius 3 is 2.62 bits per heavy atom. The molecule has 5 nitrogen and oxygen atoms in total. The van der Waals surface area contributed by atoms with Crippen LogP contribution in [0.25, 0.3) is 6.08 Å². The van der Waals surface area contributed by atoms with Crippen LogP contribution in [0.15, 0.2) is 29.7 Å². The third kappa shape index (κ3) is 4.15. The largest absolute Gasteiger partial charge is 0.369 e. The van der Waals surface area contributed by atoms with E-state index >= 15 is 0 Å². The Morgan fingerprint density at radius 2 is 2.00 bits per heavy atom. The van der Waals surface area contributed by atoms with Crippen LogP contribution in [0.1, 0.15) is 24.0 Å². The summed E-state index contributed by atoms with van der Waals surface area (Å²) in [5, 5.41) is 1.20. The van der Waals surface area contributed by atoms with Crippen molar-refractivity contribution in [3.05, 3.63) is 40.8 Å². The topological polar surface area (TPSA) is 80.5 Å². The Kier molecular flexibility index (Phi) is 4.80. The predicted molar refractivity (Wildman–Crippen MR) is 82.6 cm³/mol. The molecule has 2 N–H and O–H groups in total. The summed E-state index contributed by atoms with van der Waals surface area (Å²) in [5.74, 6) is -0.821. The molecule has 1 aliphatic rings. The first-order chi connectivity index (χ1) is 9.88. The molecule has 1 amide bonds. The molecule has 0 spiro atoms. The summed E-state index contributed by atoms with van der Waals surface area (Å²) in [6, 6.07) is 7.58. The molecule has 0 unspecified atom stereocenters. The summed E-state index contributed by atoms with van der Waals surface area (Å²) in [6.07, 6.45) is 2.89. The van der Waals surface area contributed by atoms with Crippen molar-refractivity contribution in [3.63, 3.8) is 0 Å². The lowest BCUT2D eigenvalue weighted by Gasteiger charge is -2.29. The van der Waals surface area contributed by atoms with Crippen molar-refractivity contribution in [2.75, 3.05) is 13.1 Å². The van der Waals surface area contributed by atoms with Crippen LogP contribution in [-0.2, 0) is 14.8 Å². The Balaban J connectivity index is 2.10. The van der Waals surface area contributed by atoms with Gasteiger partial charge in [-0.05, 0) is 31.4 Å². The smallest absolute Gasteiger partial charge is 0.236 e. The average molecular weight is 308 g/mol. The molecule has 1 aromatic carbocycles. The van der Waals surface area contributed by atoms with E-state index in [9.17, 15) is 13.2 Å². The molecule has 1 aliphatic heterocycles. The van der Waals surface area contributed by atoms with E-state index in [1.54, 1.807) is 6.08 Å². The molecule has 1 atom stereocenters. The lowest BCUT2D eigenvalue weighted by molar-refractivity contribution is -0.122. The number of benzene rings is 1. The number of amides is 1. The number of primary amides is 1. The van der Waals surface area contributed by atoms with Gasteiger partial charge in [-0.1, -0.05) is 29.8 Å². The van der Waals surface area contributed by atoms with Gasteiger partial charge in [0.25, 0.3) is 0 Å². The zero-order valence-electron chi connectivity index (χ0n) is 12.0. The SMILES string of the molecule is Cc1ccc(/C=C/S(=O)(=O)N2CCC[C@@H](C(N)=O)C2)cc1. The molecule has 0 saturated carbocycles. The Labute approximate surface area is 125 Å². The second kappa shape index (κ2) is 6.41. The molecule has 0 bridgehead atoms. The maximum atomic E-state index is 12.3. The highest BCUT2D eigenvalue weighted by molar-refractivity contribution is 7.92. The molecular formula is C15H20N2O3S. The lowest BCUT2D eigenvalue weighted by Crippen LogP contribution is -2.43. The minimum absolute atomic E-state index is 0.176. The van der Waals surface area contributed by atoms with E-state index in [0.29, 0.717) is 19.4 Å². The molecule has 0 aliphatic carbocycles. The van der Waals surface area contributed by atoms with Crippen molar-refractivity contribution < 1.29 is 13.2 Å². The van der Waals surface area contributed by atoms with E-state index in [1.165, 1.54) is 9.71 Å². The van der Waals surface area contributed by atoms with Crippen molar-refractivity contribution in [3.8, 4) is 0 Å². The number of hydrogen-bond acceptors (Lipinski definition) is 3. The summed E-state index contributed by atoms with van der Waals surface area (Å²) in [6.45, 7) is 2.59. The molecule has 1 aromatic rings. The quantitative estimate of drug-likeness (QED) is 0.915. The fourth-order valence-electron chi connectivity index (χ4n) is 2.33. The zero-order chi connectivity index (χ0) is 15.5. The van der Waals surface area contributed by atoms with Gasteiger partial charge in [-0.25, -0.2) is 8.42 Å². The van der Waals surface area contributed by atoms with Crippen molar-refractivity contribution in [1.29, 1.82) is 0 Å². The maximum absolute atomic E-state index is 12.3. The van der Waals surface area contributed by atoms with E-state index in [-0.39, 0.29) is 12.5 Å². The standard InChI is InChI=1S/C15H20N2O3S/c1-12-4-6-13(7-5-12)8-10-21(19,20)17-9-2-3-14(11-17)15(16)18/h4-8,10,14H,2-3,9,11H2,1H3,(H2,16,18)/b10-8+/t14-/m1/s1. The minimum atomic E-state index is -3.51. The second-order valence-electron chi connectivity index (χ2n) is 5.36. The molecule has 1 heterocycles. The number of hydrogen-bond donors (Lipinski definition) is 1. The fraction of sp³-hybridized carbons (Fsp3) is 0.400. The molecule has 1 saturated heterocycles. The van der Waals surface area contributed by atoms with Crippen LogP contribution in [0.2, 0.25) is 0 Å². The van der Waals surface area contributed by atoms with E-state index in [4.69, 9.17) is 5.73 Å². The van der Waals surface area contributed by atoms with Gasteiger partial charge in [0.15, 0.2) is 0 Å². The van der Waals surface area contributed by atoms with Crippen LogP contribution in [0.3, 0.4) is 0 Å². The first kappa shape index (κ1) is 15.7. The van der Waals surface area contributed by atoms with Gasteiger partial charge in [-0.3, -0.25) is 4.79 Å². The molecule has 21 heavy (non-hydrogen) atoms. The zero-order valence-corrected chi connectivity index (χ0v) is 12.8. The van der Waals surface area contributed by atoms with E-state index in [2.05, 4.69) is 0 Å². The van der Waals surface area contributed by atoms with E-state index in [1.807, 2.05) is 31.2 Å². The lowest BCUT2D eigenvalue weighted by atomic mass is 9.99. The summed E-state index contributed by atoms with van der Waals surface area (Å²) >= 11 is 0. The van der Waals surface area contributed by atoms with E-state index in [0.717, 1.165) is 11.1 Å². The summed E-state index contributed by atoms with van der Waals surface area (Å²) in [7, 11) is -3.51. The summed E-state index contributed by atoms with van der Waals surface area (Å²) in [5.41, 5.74) is 7.22. The van der Waals surface area contributed by atoms with Gasteiger partial charge < -0.3 is 5.73 Å². The maximum Gasteiger partial charge on any atom is 0.236 e. The van der Waals surface area contributed by atoms with Crippen LogP contribution >= 0.6 is 0 Å². The first-order valence-corrected chi connectivity index (χ1v) is 8.43. The predicted octanol–water partition coefficient (Wildman–Crippen LogP) is 1.49. The van der Waals surface area contributed by atoms with Crippen LogP contribution in [0.5, 0.6) is 0 Å². The Bertz CT molecular complexity index is 635. The van der Waals surface area contributed by atoms with Crippen LogP contribution < -0.4 is 5.73 Å². The number of nitrogens with two attached hydrogens (primary N) is 1. The fourth-order valence-corrected chi connectivity index (χ4v) is 3.61. The molecule has 0 aromatic heterocycles. The molecule has 114 valence electrons. The van der Waals surface area contributed by atoms with Crippen LogP contribution in [0.4, 0.5) is 0 Å². The molecule has 2 rings (SSSR count).